The van der Waals surface area contributed by atoms with Crippen LogP contribution in [0.4, 0.5) is 16.2 Å². The number of carbonyl (C=O) groups is 1. The van der Waals surface area contributed by atoms with E-state index in [9.17, 15) is 4.79 Å². The van der Waals surface area contributed by atoms with Crippen LogP contribution in [0.25, 0.3) is 6.08 Å². The van der Waals surface area contributed by atoms with E-state index in [0.29, 0.717) is 4.99 Å². The lowest BCUT2D eigenvalue weighted by Gasteiger charge is -2.24. The molecule has 0 N–H and O–H groups in total. The molecule has 1 amide bonds. The van der Waals surface area contributed by atoms with Crippen molar-refractivity contribution in [2.24, 2.45) is 5.10 Å². The standard InChI is InChI=1S/C31H23N3OS2/c35-31-33(25-14-8-3-9-15-25)30(36)29(37-31)20-22-16-18-26(19-17-22)34-28(24-12-6-2-7-13-24)21-27(32-34)23-10-4-1-5-11-23/h1-20,28H,21H2. The van der Waals surface area contributed by atoms with E-state index >= 15 is 0 Å². The van der Waals surface area contributed by atoms with Gasteiger partial charge in [0.05, 0.1) is 28.0 Å². The number of para-hydroxylation sites is 1. The summed E-state index contributed by atoms with van der Waals surface area (Å²) < 4.78 is 0. The summed E-state index contributed by atoms with van der Waals surface area (Å²) in [6.07, 6.45) is 2.82. The van der Waals surface area contributed by atoms with Crippen molar-refractivity contribution in [2.45, 2.75) is 12.5 Å². The summed E-state index contributed by atoms with van der Waals surface area (Å²) >= 11 is 6.82. The third kappa shape index (κ3) is 4.73. The number of nitrogens with zero attached hydrogens (tertiary/aromatic N) is 3. The van der Waals surface area contributed by atoms with Crippen molar-refractivity contribution in [3.8, 4) is 0 Å². The first-order chi connectivity index (χ1) is 18.2. The summed E-state index contributed by atoms with van der Waals surface area (Å²) in [4.78, 5) is 15.6. The highest BCUT2D eigenvalue weighted by Gasteiger charge is 2.33. The molecule has 0 spiro atoms. The molecule has 4 aromatic rings. The number of rotatable bonds is 5. The Morgan fingerprint density at radius 1 is 0.784 bits per heavy atom. The molecule has 0 radical (unpaired) electrons. The van der Waals surface area contributed by atoms with Gasteiger partial charge in [-0.15, -0.1) is 0 Å². The Morgan fingerprint density at radius 3 is 2.08 bits per heavy atom. The van der Waals surface area contributed by atoms with E-state index in [2.05, 4.69) is 77.8 Å². The first kappa shape index (κ1) is 23.4. The third-order valence-electron chi connectivity index (χ3n) is 6.47. The zero-order chi connectivity index (χ0) is 25.2. The minimum Gasteiger partial charge on any atom is -0.261 e. The Labute approximate surface area is 225 Å². The highest BCUT2D eigenvalue weighted by atomic mass is 32.2. The van der Waals surface area contributed by atoms with Crippen LogP contribution in [0, 0.1) is 0 Å². The van der Waals surface area contributed by atoms with Crippen molar-refractivity contribution in [3.05, 3.63) is 137 Å². The summed E-state index contributed by atoms with van der Waals surface area (Å²) in [5, 5.41) is 7.08. The first-order valence-corrected chi connectivity index (χ1v) is 13.3. The van der Waals surface area contributed by atoms with Gasteiger partial charge in [0.25, 0.3) is 5.24 Å². The SMILES string of the molecule is O=C1SC(=Cc2ccc(N3N=C(c4ccccc4)CC3c3ccccc3)cc2)C(=S)N1c1ccccc1. The van der Waals surface area contributed by atoms with Crippen molar-refractivity contribution in [3.63, 3.8) is 0 Å². The lowest BCUT2D eigenvalue weighted by Crippen LogP contribution is -2.26. The zero-order valence-corrected chi connectivity index (χ0v) is 21.5. The van der Waals surface area contributed by atoms with Crippen LogP contribution in [0.2, 0.25) is 0 Å². The second-order valence-corrected chi connectivity index (χ2v) is 10.2. The maximum atomic E-state index is 12.7. The second kappa shape index (κ2) is 10.2. The van der Waals surface area contributed by atoms with Crippen LogP contribution >= 0.6 is 24.0 Å². The second-order valence-electron chi connectivity index (χ2n) is 8.83. The lowest BCUT2D eigenvalue weighted by molar-refractivity contribution is 0.268. The van der Waals surface area contributed by atoms with Crippen molar-refractivity contribution in [1.29, 1.82) is 0 Å². The summed E-state index contributed by atoms with van der Waals surface area (Å²) in [6, 6.07) is 38.8. The minimum absolute atomic E-state index is 0.0791. The number of amides is 1. The van der Waals surface area contributed by atoms with E-state index in [4.69, 9.17) is 17.3 Å². The Kier molecular flexibility index (Phi) is 6.43. The predicted molar refractivity (Wildman–Crippen MR) is 158 cm³/mol. The van der Waals surface area contributed by atoms with E-state index in [1.54, 1.807) is 4.90 Å². The summed E-state index contributed by atoms with van der Waals surface area (Å²) in [5.74, 6) is 0. The molecule has 2 heterocycles. The average Bonchev–Trinajstić information content (AvgIpc) is 3.51. The van der Waals surface area contributed by atoms with Crippen molar-refractivity contribution < 1.29 is 4.79 Å². The molecule has 1 saturated heterocycles. The number of benzene rings is 4. The fraction of sp³-hybridized carbons (Fsp3) is 0.0645. The third-order valence-corrected chi connectivity index (χ3v) is 7.89. The first-order valence-electron chi connectivity index (χ1n) is 12.1. The lowest BCUT2D eigenvalue weighted by atomic mass is 9.98. The number of thiocarbonyl (C=S) groups is 1. The van der Waals surface area contributed by atoms with Gasteiger partial charge in [-0.3, -0.25) is 14.7 Å². The molecule has 4 nitrogen and oxygen atoms in total. The van der Waals surface area contributed by atoms with Gasteiger partial charge in [0.2, 0.25) is 0 Å². The van der Waals surface area contributed by atoms with Gasteiger partial charge in [0.1, 0.15) is 4.99 Å². The maximum Gasteiger partial charge on any atom is 0.296 e. The van der Waals surface area contributed by atoms with Gasteiger partial charge in [-0.2, -0.15) is 5.10 Å². The molecule has 1 fully saturated rings. The molecular weight excluding hydrogens is 494 g/mol. The molecule has 6 rings (SSSR count). The van der Waals surface area contributed by atoms with Gasteiger partial charge in [-0.25, -0.2) is 0 Å². The molecule has 37 heavy (non-hydrogen) atoms. The van der Waals surface area contributed by atoms with Gasteiger partial charge in [-0.1, -0.05) is 103 Å². The molecule has 1 atom stereocenters. The van der Waals surface area contributed by atoms with E-state index in [1.807, 2.05) is 48.5 Å². The summed E-state index contributed by atoms with van der Waals surface area (Å²) in [7, 11) is 0. The smallest absolute Gasteiger partial charge is 0.261 e. The minimum atomic E-state index is -0.0791. The van der Waals surface area contributed by atoms with Crippen molar-refractivity contribution in [2.75, 3.05) is 9.91 Å². The molecule has 180 valence electrons. The van der Waals surface area contributed by atoms with Crippen LogP contribution in [0.1, 0.15) is 29.2 Å². The van der Waals surface area contributed by atoms with E-state index < -0.39 is 0 Å². The van der Waals surface area contributed by atoms with Gasteiger partial charge in [0.15, 0.2) is 0 Å². The Hall–Kier alpha value is -4.00. The van der Waals surface area contributed by atoms with Crippen LogP contribution in [-0.4, -0.2) is 15.9 Å². The largest absolute Gasteiger partial charge is 0.296 e. The summed E-state index contributed by atoms with van der Waals surface area (Å²) in [6.45, 7) is 0. The number of carbonyl (C=O) groups excluding carboxylic acids is 1. The molecule has 0 saturated carbocycles. The van der Waals surface area contributed by atoms with E-state index in [1.165, 1.54) is 17.3 Å². The topological polar surface area (TPSA) is 35.9 Å². The molecule has 2 aliphatic rings. The van der Waals surface area contributed by atoms with Crippen LogP contribution in [-0.2, 0) is 0 Å². The fourth-order valence-electron chi connectivity index (χ4n) is 4.63. The van der Waals surface area contributed by atoms with Crippen LogP contribution in [0.3, 0.4) is 0 Å². The number of anilines is 2. The average molecular weight is 518 g/mol. The van der Waals surface area contributed by atoms with Crippen molar-refractivity contribution in [1.82, 2.24) is 0 Å². The van der Waals surface area contributed by atoms with Crippen molar-refractivity contribution >= 4 is 57.4 Å². The molecule has 0 aromatic heterocycles. The molecule has 4 aromatic carbocycles. The number of hydrazone groups is 1. The van der Waals surface area contributed by atoms with Crippen LogP contribution < -0.4 is 9.91 Å². The zero-order valence-electron chi connectivity index (χ0n) is 19.9. The Bertz CT molecular complexity index is 1500. The molecule has 0 bridgehead atoms. The van der Waals surface area contributed by atoms with Gasteiger partial charge in [0, 0.05) is 6.42 Å². The number of hydrogen-bond donors (Lipinski definition) is 0. The normalized spacial score (nSPS) is 18.5. The van der Waals surface area contributed by atoms with E-state index in [-0.39, 0.29) is 11.3 Å². The quantitative estimate of drug-likeness (QED) is 0.198. The van der Waals surface area contributed by atoms with Gasteiger partial charge < -0.3 is 0 Å². The molecule has 0 aliphatic carbocycles. The molecule has 6 heteroatoms. The number of hydrogen-bond acceptors (Lipinski definition) is 5. The van der Waals surface area contributed by atoms with E-state index in [0.717, 1.165) is 39.5 Å². The maximum absolute atomic E-state index is 12.7. The summed E-state index contributed by atoms with van der Waals surface area (Å²) in [5.41, 5.74) is 6.25. The van der Waals surface area contributed by atoms with Gasteiger partial charge in [-0.05, 0) is 58.8 Å². The highest BCUT2D eigenvalue weighted by Crippen LogP contribution is 2.38. The Balaban J connectivity index is 1.28. The fourth-order valence-corrected chi connectivity index (χ4v) is 5.91. The van der Waals surface area contributed by atoms with Gasteiger partial charge >= 0.3 is 0 Å². The highest BCUT2D eigenvalue weighted by molar-refractivity contribution is 8.20. The number of thioether (sulfide) groups is 1. The molecular formula is C31H23N3OS2. The molecule has 1 unspecified atom stereocenters. The molecule has 2 aliphatic heterocycles. The van der Waals surface area contributed by atoms with Crippen LogP contribution in [0.15, 0.2) is 125 Å². The monoisotopic (exact) mass is 517 g/mol. The van der Waals surface area contributed by atoms with Crippen LogP contribution in [0.5, 0.6) is 0 Å². The predicted octanol–water partition coefficient (Wildman–Crippen LogP) is 8.08. The Morgan fingerprint density at radius 2 is 1.41 bits per heavy atom.